The smallest absolute Gasteiger partial charge is 0.332 e. The molecule has 88 valence electrons. The van der Waals surface area contributed by atoms with E-state index in [1.54, 1.807) is 24.1 Å². The number of carboxylic acid groups (broad SMARTS) is 1. The zero-order chi connectivity index (χ0) is 11.5. The highest BCUT2D eigenvalue weighted by molar-refractivity contribution is 5.72. The van der Waals surface area contributed by atoms with Crippen molar-refractivity contribution < 1.29 is 19.4 Å². The van der Waals surface area contributed by atoms with Crippen LogP contribution in [0, 0.1) is 0 Å². The maximum absolute atomic E-state index is 10.6. The van der Waals surface area contributed by atoms with Crippen molar-refractivity contribution in [1.82, 2.24) is 9.78 Å². The number of carbonyl (C=O) groups is 1. The molecule has 6 heteroatoms. The zero-order valence-corrected chi connectivity index (χ0v) is 9.00. The van der Waals surface area contributed by atoms with Crippen LogP contribution in [-0.2, 0) is 16.6 Å². The van der Waals surface area contributed by atoms with E-state index in [1.807, 2.05) is 0 Å². The van der Waals surface area contributed by atoms with Gasteiger partial charge in [0.05, 0.1) is 18.5 Å². The summed E-state index contributed by atoms with van der Waals surface area (Å²) >= 11 is 0. The molecule has 0 bridgehead atoms. The van der Waals surface area contributed by atoms with Crippen LogP contribution < -0.4 is 4.74 Å². The molecule has 0 spiro atoms. The normalized spacial score (nSPS) is 24.6. The van der Waals surface area contributed by atoms with Crippen LogP contribution in [0.3, 0.4) is 0 Å². The second-order valence-corrected chi connectivity index (χ2v) is 3.82. The minimum atomic E-state index is -0.899. The van der Waals surface area contributed by atoms with Crippen molar-refractivity contribution in [2.45, 2.75) is 25.0 Å². The fourth-order valence-corrected chi connectivity index (χ4v) is 1.67. The molecule has 2 atom stereocenters. The van der Waals surface area contributed by atoms with Crippen molar-refractivity contribution in [2.24, 2.45) is 7.05 Å². The molecular weight excluding hydrogens is 212 g/mol. The summed E-state index contributed by atoms with van der Waals surface area (Å²) in [5.41, 5.74) is 0. The molecule has 0 amide bonds. The predicted molar refractivity (Wildman–Crippen MR) is 54.2 cm³/mol. The Hall–Kier alpha value is -1.56. The molecule has 0 saturated carbocycles. The lowest BCUT2D eigenvalue weighted by molar-refractivity contribution is -0.149. The summed E-state index contributed by atoms with van der Waals surface area (Å²) in [6.45, 7) is 0.371. The van der Waals surface area contributed by atoms with E-state index in [0.29, 0.717) is 18.8 Å². The van der Waals surface area contributed by atoms with Gasteiger partial charge in [-0.25, -0.2) is 4.79 Å². The molecule has 1 N–H and O–H groups in total. The van der Waals surface area contributed by atoms with E-state index in [9.17, 15) is 4.79 Å². The van der Waals surface area contributed by atoms with Gasteiger partial charge in [-0.3, -0.25) is 4.68 Å². The highest BCUT2D eigenvalue weighted by Gasteiger charge is 2.30. The summed E-state index contributed by atoms with van der Waals surface area (Å²) in [5.74, 6) is -0.228. The average Bonchev–Trinajstić information content (AvgIpc) is 2.83. The van der Waals surface area contributed by atoms with E-state index in [0.717, 1.165) is 6.42 Å². The number of aliphatic carboxylic acids is 1. The van der Waals surface area contributed by atoms with Crippen molar-refractivity contribution in [1.29, 1.82) is 0 Å². The van der Waals surface area contributed by atoms with Crippen LogP contribution in [0.5, 0.6) is 5.75 Å². The largest absolute Gasteiger partial charge is 0.488 e. The van der Waals surface area contributed by atoms with Crippen LogP contribution in [0.1, 0.15) is 12.8 Å². The zero-order valence-electron chi connectivity index (χ0n) is 9.00. The summed E-state index contributed by atoms with van der Waals surface area (Å²) in [6, 6.07) is 0. The molecule has 16 heavy (non-hydrogen) atoms. The standard InChI is InChI=1S/C10H14N2O4/c1-12-5-8(4-11-12)15-6-7-2-3-9(16-7)10(13)14/h4-5,7,9H,2-3,6H2,1H3,(H,13,14). The molecule has 2 unspecified atom stereocenters. The second kappa shape index (κ2) is 4.52. The number of hydrogen-bond acceptors (Lipinski definition) is 4. The summed E-state index contributed by atoms with van der Waals surface area (Å²) in [7, 11) is 1.80. The van der Waals surface area contributed by atoms with Gasteiger partial charge >= 0.3 is 5.97 Å². The van der Waals surface area contributed by atoms with Gasteiger partial charge in [0.15, 0.2) is 11.9 Å². The molecule has 2 heterocycles. The molecule has 2 rings (SSSR count). The van der Waals surface area contributed by atoms with Crippen molar-refractivity contribution in [3.63, 3.8) is 0 Å². The van der Waals surface area contributed by atoms with Gasteiger partial charge in [0.1, 0.15) is 6.61 Å². The van der Waals surface area contributed by atoms with Crippen LogP contribution in [0.15, 0.2) is 12.4 Å². The van der Waals surface area contributed by atoms with Gasteiger partial charge in [0.25, 0.3) is 0 Å². The Morgan fingerprint density at radius 3 is 3.12 bits per heavy atom. The third-order valence-electron chi connectivity index (χ3n) is 2.50. The Bertz CT molecular complexity index is 377. The molecule has 1 fully saturated rings. The van der Waals surface area contributed by atoms with Gasteiger partial charge in [-0.05, 0) is 12.8 Å². The molecule has 1 aliphatic rings. The lowest BCUT2D eigenvalue weighted by Crippen LogP contribution is -2.23. The molecule has 0 radical (unpaired) electrons. The summed E-state index contributed by atoms with van der Waals surface area (Å²) in [5, 5.41) is 12.7. The Labute approximate surface area is 92.8 Å². The van der Waals surface area contributed by atoms with Crippen molar-refractivity contribution in [3.05, 3.63) is 12.4 Å². The van der Waals surface area contributed by atoms with Crippen LogP contribution >= 0.6 is 0 Å². The molecule has 1 aliphatic heterocycles. The van der Waals surface area contributed by atoms with E-state index >= 15 is 0 Å². The third-order valence-corrected chi connectivity index (χ3v) is 2.50. The second-order valence-electron chi connectivity index (χ2n) is 3.82. The topological polar surface area (TPSA) is 73.6 Å². The quantitative estimate of drug-likeness (QED) is 0.806. The molecule has 1 aromatic rings. The van der Waals surface area contributed by atoms with E-state index in [4.69, 9.17) is 14.6 Å². The van der Waals surface area contributed by atoms with Crippen LogP contribution in [0.25, 0.3) is 0 Å². The van der Waals surface area contributed by atoms with E-state index in [1.165, 1.54) is 0 Å². The molecular formula is C10H14N2O4. The summed E-state index contributed by atoms with van der Waals surface area (Å²) < 4.78 is 12.4. The lowest BCUT2D eigenvalue weighted by Gasteiger charge is -2.11. The first-order chi connectivity index (χ1) is 7.65. The van der Waals surface area contributed by atoms with E-state index < -0.39 is 12.1 Å². The van der Waals surface area contributed by atoms with Crippen molar-refractivity contribution >= 4 is 5.97 Å². The maximum Gasteiger partial charge on any atom is 0.332 e. The van der Waals surface area contributed by atoms with Crippen LogP contribution in [0.2, 0.25) is 0 Å². The summed E-state index contributed by atoms with van der Waals surface area (Å²) in [4.78, 5) is 10.6. The minimum absolute atomic E-state index is 0.138. The Balaban J connectivity index is 1.77. The predicted octanol–water partition coefficient (Wildman–Crippen LogP) is 0.431. The van der Waals surface area contributed by atoms with Crippen LogP contribution in [-0.4, -0.2) is 39.7 Å². The first kappa shape index (κ1) is 10.9. The van der Waals surface area contributed by atoms with Gasteiger partial charge in [-0.1, -0.05) is 0 Å². The fourth-order valence-electron chi connectivity index (χ4n) is 1.67. The SMILES string of the molecule is Cn1cc(OCC2CCC(C(=O)O)O2)cn1. The van der Waals surface area contributed by atoms with Crippen molar-refractivity contribution in [2.75, 3.05) is 6.61 Å². The molecule has 0 aromatic carbocycles. The number of nitrogens with zero attached hydrogens (tertiary/aromatic N) is 2. The summed E-state index contributed by atoms with van der Waals surface area (Å²) in [6.07, 6.45) is 3.82. The Morgan fingerprint density at radius 1 is 1.75 bits per heavy atom. The molecule has 6 nitrogen and oxygen atoms in total. The van der Waals surface area contributed by atoms with Gasteiger partial charge in [0, 0.05) is 7.05 Å². The van der Waals surface area contributed by atoms with Gasteiger partial charge in [-0.15, -0.1) is 0 Å². The average molecular weight is 226 g/mol. The number of aryl methyl sites for hydroxylation is 1. The molecule has 0 aliphatic carbocycles. The third kappa shape index (κ3) is 2.52. The van der Waals surface area contributed by atoms with E-state index in [2.05, 4.69) is 5.10 Å². The first-order valence-electron chi connectivity index (χ1n) is 5.15. The fraction of sp³-hybridized carbons (Fsp3) is 0.600. The Morgan fingerprint density at radius 2 is 2.56 bits per heavy atom. The van der Waals surface area contributed by atoms with Gasteiger partial charge < -0.3 is 14.6 Å². The minimum Gasteiger partial charge on any atom is -0.488 e. The van der Waals surface area contributed by atoms with Crippen molar-refractivity contribution in [3.8, 4) is 5.75 Å². The highest BCUT2D eigenvalue weighted by atomic mass is 16.6. The van der Waals surface area contributed by atoms with Gasteiger partial charge in [-0.2, -0.15) is 5.10 Å². The molecule has 1 aromatic heterocycles. The number of aromatic nitrogens is 2. The first-order valence-corrected chi connectivity index (χ1v) is 5.15. The number of hydrogen-bond donors (Lipinski definition) is 1. The highest BCUT2D eigenvalue weighted by Crippen LogP contribution is 2.20. The van der Waals surface area contributed by atoms with E-state index in [-0.39, 0.29) is 6.10 Å². The molecule has 1 saturated heterocycles. The van der Waals surface area contributed by atoms with Crippen LogP contribution in [0.4, 0.5) is 0 Å². The Kier molecular flexibility index (Phi) is 3.09. The monoisotopic (exact) mass is 226 g/mol. The maximum atomic E-state index is 10.6. The van der Waals surface area contributed by atoms with Gasteiger partial charge in [0.2, 0.25) is 0 Å². The number of ether oxygens (including phenoxy) is 2. The lowest BCUT2D eigenvalue weighted by atomic mass is 10.2. The number of rotatable bonds is 4. The number of carboxylic acids is 1.